The molecule has 0 spiro atoms. The largest absolute Gasteiger partial charge is 0.478 e. The summed E-state index contributed by atoms with van der Waals surface area (Å²) < 4.78 is 5.80. The van der Waals surface area contributed by atoms with E-state index >= 15 is 0 Å². The predicted octanol–water partition coefficient (Wildman–Crippen LogP) is 2.45. The number of amides is 1. The van der Waals surface area contributed by atoms with Crippen molar-refractivity contribution in [1.82, 2.24) is 0 Å². The number of hydrogen-bond donors (Lipinski definition) is 3. The zero-order chi connectivity index (χ0) is 14.7. The number of carboxylic acids is 1. The van der Waals surface area contributed by atoms with E-state index in [-0.39, 0.29) is 23.6 Å². The highest BCUT2D eigenvalue weighted by Gasteiger charge is 2.16. The fourth-order valence-corrected chi connectivity index (χ4v) is 1.96. The molecule has 104 valence electrons. The minimum atomic E-state index is -1.14. The Hall–Kier alpha value is -2.12. The summed E-state index contributed by atoms with van der Waals surface area (Å²) in [5.41, 5.74) is 5.56. The summed E-state index contributed by atoms with van der Waals surface area (Å²) in [6.45, 7) is 0.186. The Balaban J connectivity index is 2.25. The van der Waals surface area contributed by atoms with E-state index in [0.29, 0.717) is 10.2 Å². The molecule has 4 N–H and O–H groups in total. The van der Waals surface area contributed by atoms with Crippen LogP contribution in [-0.4, -0.2) is 17.0 Å². The van der Waals surface area contributed by atoms with E-state index in [1.54, 1.807) is 12.1 Å². The van der Waals surface area contributed by atoms with Crippen molar-refractivity contribution in [2.24, 2.45) is 5.73 Å². The quantitative estimate of drug-likeness (QED) is 0.793. The van der Waals surface area contributed by atoms with Crippen LogP contribution >= 0.6 is 15.9 Å². The maximum absolute atomic E-state index is 12.0. The summed E-state index contributed by atoms with van der Waals surface area (Å²) >= 11 is 3.18. The van der Waals surface area contributed by atoms with Gasteiger partial charge in [-0.25, -0.2) is 4.79 Å². The third kappa shape index (κ3) is 3.06. The molecule has 0 bridgehead atoms. The van der Waals surface area contributed by atoms with Gasteiger partial charge in [-0.3, -0.25) is 4.79 Å². The molecule has 2 aromatic rings. The van der Waals surface area contributed by atoms with Crippen LogP contribution < -0.4 is 11.1 Å². The first-order valence-corrected chi connectivity index (χ1v) is 6.43. The number of nitrogens with two attached hydrogens (primary N) is 1. The highest BCUT2D eigenvalue weighted by Crippen LogP contribution is 2.22. The molecule has 0 radical (unpaired) electrons. The van der Waals surface area contributed by atoms with Crippen LogP contribution in [0, 0.1) is 0 Å². The van der Waals surface area contributed by atoms with Crippen LogP contribution in [0.5, 0.6) is 0 Å². The van der Waals surface area contributed by atoms with Crippen molar-refractivity contribution in [2.45, 2.75) is 6.54 Å². The minimum absolute atomic E-state index is 0.0154. The number of furan rings is 1. The highest BCUT2D eigenvalue weighted by molar-refractivity contribution is 9.10. The van der Waals surface area contributed by atoms with Crippen molar-refractivity contribution >= 4 is 33.5 Å². The molecule has 0 unspecified atom stereocenters. The molecule has 0 aliphatic rings. The van der Waals surface area contributed by atoms with Gasteiger partial charge in [0, 0.05) is 4.47 Å². The van der Waals surface area contributed by atoms with E-state index in [9.17, 15) is 9.59 Å². The van der Waals surface area contributed by atoms with Crippen LogP contribution in [-0.2, 0) is 6.54 Å². The molecule has 1 amide bonds. The number of hydrogen-bond acceptors (Lipinski definition) is 4. The number of halogens is 1. The summed E-state index contributed by atoms with van der Waals surface area (Å²) in [5.74, 6) is -1.12. The lowest BCUT2D eigenvalue weighted by atomic mass is 10.2. The van der Waals surface area contributed by atoms with E-state index in [0.717, 1.165) is 0 Å². The fraction of sp³-hybridized carbons (Fsp3) is 0.0769. The molecule has 7 heteroatoms. The third-order valence-corrected chi connectivity index (χ3v) is 3.04. The van der Waals surface area contributed by atoms with E-state index in [1.807, 2.05) is 0 Å². The van der Waals surface area contributed by atoms with E-state index in [2.05, 4.69) is 21.2 Å². The zero-order valence-electron chi connectivity index (χ0n) is 10.2. The molecule has 0 fully saturated rings. The molecule has 1 heterocycles. The molecule has 20 heavy (non-hydrogen) atoms. The normalized spacial score (nSPS) is 10.3. The number of benzene rings is 1. The Morgan fingerprint density at radius 1 is 1.30 bits per heavy atom. The summed E-state index contributed by atoms with van der Waals surface area (Å²) in [6.07, 6.45) is 0. The number of carboxylic acid groups (broad SMARTS) is 1. The van der Waals surface area contributed by atoms with Crippen molar-refractivity contribution in [3.8, 4) is 0 Å². The second kappa shape index (κ2) is 5.89. The van der Waals surface area contributed by atoms with Gasteiger partial charge in [0.1, 0.15) is 5.76 Å². The molecule has 6 nitrogen and oxygen atoms in total. The number of aromatic carboxylic acids is 1. The average molecular weight is 339 g/mol. The summed E-state index contributed by atoms with van der Waals surface area (Å²) in [5, 5.41) is 11.6. The van der Waals surface area contributed by atoms with Gasteiger partial charge in [-0.15, -0.1) is 0 Å². The molecule has 1 aromatic carbocycles. The van der Waals surface area contributed by atoms with Crippen molar-refractivity contribution in [3.05, 3.63) is 51.9 Å². The van der Waals surface area contributed by atoms with Gasteiger partial charge in [-0.05, 0) is 30.3 Å². The van der Waals surface area contributed by atoms with Crippen LogP contribution in [0.1, 0.15) is 26.7 Å². The van der Waals surface area contributed by atoms with Gasteiger partial charge >= 0.3 is 5.97 Å². The van der Waals surface area contributed by atoms with Crippen molar-refractivity contribution < 1.29 is 19.1 Å². The molecule has 1 aromatic heterocycles. The van der Waals surface area contributed by atoms with E-state index in [4.69, 9.17) is 15.3 Å². The monoisotopic (exact) mass is 338 g/mol. The number of anilines is 1. The first-order valence-electron chi connectivity index (χ1n) is 5.64. The van der Waals surface area contributed by atoms with Crippen molar-refractivity contribution in [1.29, 1.82) is 0 Å². The third-order valence-electron chi connectivity index (χ3n) is 2.55. The van der Waals surface area contributed by atoms with Crippen LogP contribution in [0.15, 0.2) is 39.2 Å². The van der Waals surface area contributed by atoms with Gasteiger partial charge < -0.3 is 20.6 Å². The molecule has 0 aliphatic carbocycles. The van der Waals surface area contributed by atoms with Crippen LogP contribution in [0.25, 0.3) is 0 Å². The second-order valence-electron chi connectivity index (χ2n) is 3.92. The maximum atomic E-state index is 12.0. The Kier molecular flexibility index (Phi) is 4.21. The van der Waals surface area contributed by atoms with Crippen molar-refractivity contribution in [3.63, 3.8) is 0 Å². The van der Waals surface area contributed by atoms with Crippen LogP contribution in [0.2, 0.25) is 0 Å². The second-order valence-corrected chi connectivity index (χ2v) is 4.83. The molecular weight excluding hydrogens is 328 g/mol. The molecule has 0 atom stereocenters. The van der Waals surface area contributed by atoms with Gasteiger partial charge in [0.25, 0.3) is 5.91 Å². The molecule has 0 saturated heterocycles. The summed E-state index contributed by atoms with van der Waals surface area (Å²) in [6, 6.07) is 7.62. The lowest BCUT2D eigenvalue weighted by Gasteiger charge is -2.07. The van der Waals surface area contributed by atoms with Gasteiger partial charge in [0.15, 0.2) is 5.76 Å². The molecule has 0 saturated carbocycles. The Bertz CT molecular complexity index is 666. The lowest BCUT2D eigenvalue weighted by molar-refractivity contribution is 0.0698. The summed E-state index contributed by atoms with van der Waals surface area (Å²) in [4.78, 5) is 23.1. The van der Waals surface area contributed by atoms with Crippen LogP contribution in [0.3, 0.4) is 0 Å². The number of carbonyl (C=O) groups is 2. The molecule has 0 aliphatic heterocycles. The van der Waals surface area contributed by atoms with E-state index in [1.165, 1.54) is 18.2 Å². The highest BCUT2D eigenvalue weighted by atomic mass is 79.9. The topological polar surface area (TPSA) is 106 Å². The lowest BCUT2D eigenvalue weighted by Crippen LogP contribution is -2.14. The Morgan fingerprint density at radius 2 is 2.05 bits per heavy atom. The first kappa shape index (κ1) is 14.3. The Labute approximate surface area is 122 Å². The first-order chi connectivity index (χ1) is 9.51. The number of carbonyl (C=O) groups excluding carboxylic acids is 1. The Morgan fingerprint density at radius 3 is 2.65 bits per heavy atom. The van der Waals surface area contributed by atoms with Crippen LogP contribution in [0.4, 0.5) is 5.69 Å². The predicted molar refractivity (Wildman–Crippen MR) is 75.7 cm³/mol. The fourth-order valence-electron chi connectivity index (χ4n) is 1.60. The average Bonchev–Trinajstić information content (AvgIpc) is 2.89. The number of rotatable bonds is 4. The summed E-state index contributed by atoms with van der Waals surface area (Å²) in [7, 11) is 0. The van der Waals surface area contributed by atoms with Gasteiger partial charge in [-0.2, -0.15) is 0 Å². The minimum Gasteiger partial charge on any atom is -0.478 e. The smallest absolute Gasteiger partial charge is 0.337 e. The number of nitrogens with one attached hydrogen (secondary N) is 1. The maximum Gasteiger partial charge on any atom is 0.337 e. The van der Waals surface area contributed by atoms with Gasteiger partial charge in [0.05, 0.1) is 17.8 Å². The van der Waals surface area contributed by atoms with Crippen molar-refractivity contribution in [2.75, 3.05) is 5.32 Å². The molecule has 2 rings (SSSR count). The SMILES string of the molecule is NCc1ccc(C(=O)Nc2ccc(Br)cc2C(=O)O)o1. The van der Waals surface area contributed by atoms with Gasteiger partial charge in [0.2, 0.25) is 0 Å². The molecular formula is C13H11BrN2O4. The standard InChI is InChI=1S/C13H11BrN2O4/c14-7-1-3-10(9(5-7)13(18)19)16-12(17)11-4-2-8(6-15)20-11/h1-5H,6,15H2,(H,16,17)(H,18,19). The van der Waals surface area contributed by atoms with E-state index < -0.39 is 11.9 Å². The van der Waals surface area contributed by atoms with Gasteiger partial charge in [-0.1, -0.05) is 15.9 Å². The zero-order valence-corrected chi connectivity index (χ0v) is 11.8.